The Labute approximate surface area is 113 Å². The molecule has 0 amide bonds. The summed E-state index contributed by atoms with van der Waals surface area (Å²) in [7, 11) is 0. The number of halogens is 3. The maximum absolute atomic E-state index is 12.5. The van der Waals surface area contributed by atoms with Crippen molar-refractivity contribution in [3.63, 3.8) is 0 Å². The van der Waals surface area contributed by atoms with Crippen LogP contribution < -0.4 is 0 Å². The number of benzene rings is 1. The third kappa shape index (κ3) is 2.82. The van der Waals surface area contributed by atoms with E-state index in [-0.39, 0.29) is 5.92 Å². The summed E-state index contributed by atoms with van der Waals surface area (Å²) in [5.41, 5.74) is 0.777. The van der Waals surface area contributed by atoms with Crippen LogP contribution in [0.2, 0.25) is 0 Å². The van der Waals surface area contributed by atoms with Crippen molar-refractivity contribution in [1.29, 1.82) is 0 Å². The summed E-state index contributed by atoms with van der Waals surface area (Å²) in [6.45, 7) is 3.47. The van der Waals surface area contributed by atoms with Crippen molar-refractivity contribution < 1.29 is 18.3 Å². The molecule has 0 saturated carbocycles. The van der Waals surface area contributed by atoms with Crippen LogP contribution >= 0.6 is 0 Å². The minimum absolute atomic E-state index is 0.175. The lowest BCUT2D eigenvalue weighted by molar-refractivity contribution is -0.141. The summed E-state index contributed by atoms with van der Waals surface area (Å²) < 4.78 is 38.4. The Balaban J connectivity index is 2.41. The van der Waals surface area contributed by atoms with Crippen molar-refractivity contribution in [2.24, 2.45) is 0 Å². The van der Waals surface area contributed by atoms with E-state index in [1.165, 1.54) is 0 Å². The molecule has 0 spiro atoms. The first-order valence-corrected chi connectivity index (χ1v) is 6.03. The summed E-state index contributed by atoms with van der Waals surface area (Å²) in [5, 5.41) is 17.7. The smallest absolute Gasteiger partial charge is 0.232 e. The highest BCUT2D eigenvalue weighted by Crippen LogP contribution is 2.28. The molecule has 1 radical (unpaired) electrons. The van der Waals surface area contributed by atoms with Crippen molar-refractivity contribution in [3.8, 4) is 5.69 Å². The quantitative estimate of drug-likeness (QED) is 0.868. The molecule has 0 saturated heterocycles. The first-order valence-electron chi connectivity index (χ1n) is 6.03. The first kappa shape index (κ1) is 14.5. The number of nitrogens with zero attached hydrogens (tertiary/aromatic N) is 3. The SMILES string of the molecule is CC(C)c1ccc(-n2cc(C(F)(F)F)nn2)cc1C[O]. The summed E-state index contributed by atoms with van der Waals surface area (Å²) >= 11 is 0. The zero-order valence-corrected chi connectivity index (χ0v) is 11.0. The lowest BCUT2D eigenvalue weighted by Gasteiger charge is -2.12. The normalized spacial score (nSPS) is 12.2. The van der Waals surface area contributed by atoms with Gasteiger partial charge < -0.3 is 0 Å². The summed E-state index contributed by atoms with van der Waals surface area (Å²) in [6, 6.07) is 4.92. The molecule has 7 heteroatoms. The monoisotopic (exact) mass is 284 g/mol. The van der Waals surface area contributed by atoms with Gasteiger partial charge in [0.05, 0.1) is 11.9 Å². The summed E-state index contributed by atoms with van der Waals surface area (Å²) in [5.74, 6) is 0.175. The topological polar surface area (TPSA) is 50.6 Å². The number of aromatic nitrogens is 3. The molecule has 0 bridgehead atoms. The van der Waals surface area contributed by atoms with E-state index in [1.807, 2.05) is 13.8 Å². The third-order valence-electron chi connectivity index (χ3n) is 2.95. The number of alkyl halides is 3. The number of hydrogen-bond acceptors (Lipinski definition) is 2. The van der Waals surface area contributed by atoms with E-state index in [9.17, 15) is 18.3 Å². The standard InChI is InChI=1S/C13H13F3N3O/c1-8(2)11-4-3-10(5-9(11)7-20)19-6-12(17-18-19)13(14,15)16/h3-6,8H,7H2,1-2H3. The predicted molar refractivity (Wildman–Crippen MR) is 64.8 cm³/mol. The third-order valence-corrected chi connectivity index (χ3v) is 2.95. The Kier molecular flexibility index (Phi) is 3.80. The lowest BCUT2D eigenvalue weighted by atomic mass is 9.97. The minimum Gasteiger partial charge on any atom is -0.232 e. The fourth-order valence-electron chi connectivity index (χ4n) is 1.94. The molecule has 2 aromatic rings. The highest BCUT2D eigenvalue weighted by Gasteiger charge is 2.34. The Hall–Kier alpha value is -1.89. The lowest BCUT2D eigenvalue weighted by Crippen LogP contribution is -2.05. The zero-order chi connectivity index (χ0) is 14.9. The second-order valence-corrected chi connectivity index (χ2v) is 4.73. The van der Waals surface area contributed by atoms with Crippen LogP contribution in [-0.4, -0.2) is 15.0 Å². The van der Waals surface area contributed by atoms with Crippen molar-refractivity contribution >= 4 is 0 Å². The van der Waals surface area contributed by atoms with Gasteiger partial charge >= 0.3 is 6.18 Å². The van der Waals surface area contributed by atoms with E-state index in [0.717, 1.165) is 16.4 Å². The van der Waals surface area contributed by atoms with Crippen LogP contribution in [-0.2, 0) is 17.9 Å². The molecule has 0 aliphatic rings. The second kappa shape index (κ2) is 5.24. The van der Waals surface area contributed by atoms with E-state index in [1.54, 1.807) is 18.2 Å². The highest BCUT2D eigenvalue weighted by molar-refractivity contribution is 5.41. The average Bonchev–Trinajstić information content (AvgIpc) is 2.87. The average molecular weight is 284 g/mol. The fourth-order valence-corrected chi connectivity index (χ4v) is 1.94. The molecule has 107 valence electrons. The van der Waals surface area contributed by atoms with Gasteiger partial charge in [-0.15, -0.1) is 5.10 Å². The molecule has 0 fully saturated rings. The summed E-state index contributed by atoms with van der Waals surface area (Å²) in [6.07, 6.45) is -3.73. The van der Waals surface area contributed by atoms with Crippen molar-refractivity contribution in [1.82, 2.24) is 15.0 Å². The molecule has 1 aromatic carbocycles. The van der Waals surface area contributed by atoms with Gasteiger partial charge in [0.1, 0.15) is 6.61 Å². The van der Waals surface area contributed by atoms with Crippen LogP contribution in [0.25, 0.3) is 5.69 Å². The fraction of sp³-hybridized carbons (Fsp3) is 0.385. The highest BCUT2D eigenvalue weighted by atomic mass is 19.4. The van der Waals surface area contributed by atoms with Crippen LogP contribution in [0.15, 0.2) is 24.4 Å². The number of hydrogen-bond donors (Lipinski definition) is 0. The Morgan fingerprint density at radius 1 is 1.30 bits per heavy atom. The predicted octanol–water partition coefficient (Wildman–Crippen LogP) is 3.34. The maximum Gasteiger partial charge on any atom is 0.436 e. The van der Waals surface area contributed by atoms with Gasteiger partial charge in [-0.05, 0) is 29.2 Å². The van der Waals surface area contributed by atoms with Gasteiger partial charge in [0, 0.05) is 0 Å². The van der Waals surface area contributed by atoms with Gasteiger partial charge in [-0.2, -0.15) is 13.2 Å². The van der Waals surface area contributed by atoms with Crippen LogP contribution in [0.3, 0.4) is 0 Å². The molecule has 0 unspecified atom stereocenters. The van der Waals surface area contributed by atoms with Crippen molar-refractivity contribution in [2.45, 2.75) is 32.5 Å². The van der Waals surface area contributed by atoms with Gasteiger partial charge in [-0.1, -0.05) is 25.1 Å². The molecule has 0 atom stereocenters. The van der Waals surface area contributed by atoms with Gasteiger partial charge in [-0.25, -0.2) is 9.79 Å². The van der Waals surface area contributed by atoms with Crippen LogP contribution in [0.5, 0.6) is 0 Å². The minimum atomic E-state index is -4.53. The van der Waals surface area contributed by atoms with E-state index >= 15 is 0 Å². The van der Waals surface area contributed by atoms with Gasteiger partial charge in [-0.3, -0.25) is 0 Å². The van der Waals surface area contributed by atoms with E-state index in [2.05, 4.69) is 10.3 Å². The Bertz CT molecular complexity index is 605. The van der Waals surface area contributed by atoms with Crippen molar-refractivity contribution in [3.05, 3.63) is 41.2 Å². The number of rotatable bonds is 3. The van der Waals surface area contributed by atoms with Crippen molar-refractivity contribution in [2.75, 3.05) is 0 Å². The molecule has 0 aliphatic heterocycles. The van der Waals surface area contributed by atoms with Gasteiger partial charge in [0.25, 0.3) is 0 Å². The van der Waals surface area contributed by atoms with E-state index in [4.69, 9.17) is 0 Å². The Morgan fingerprint density at radius 3 is 2.50 bits per heavy atom. The molecule has 1 heterocycles. The largest absolute Gasteiger partial charge is 0.436 e. The second-order valence-electron chi connectivity index (χ2n) is 4.73. The molecule has 1 aromatic heterocycles. The van der Waals surface area contributed by atoms with Gasteiger partial charge in [0.2, 0.25) is 0 Å². The molecular formula is C13H13F3N3O. The first-order chi connectivity index (χ1) is 9.32. The molecule has 2 rings (SSSR count). The Morgan fingerprint density at radius 2 is 2.00 bits per heavy atom. The molecule has 0 aliphatic carbocycles. The van der Waals surface area contributed by atoms with E-state index < -0.39 is 18.5 Å². The van der Waals surface area contributed by atoms with Crippen LogP contribution in [0.4, 0.5) is 13.2 Å². The summed E-state index contributed by atoms with van der Waals surface area (Å²) in [4.78, 5) is 0. The molecular weight excluding hydrogens is 271 g/mol. The zero-order valence-electron chi connectivity index (χ0n) is 11.0. The maximum atomic E-state index is 12.5. The molecule has 0 N–H and O–H groups in total. The van der Waals surface area contributed by atoms with Crippen LogP contribution in [0, 0.1) is 0 Å². The van der Waals surface area contributed by atoms with Crippen LogP contribution in [0.1, 0.15) is 36.6 Å². The molecule has 4 nitrogen and oxygen atoms in total. The van der Waals surface area contributed by atoms with Gasteiger partial charge in [0.15, 0.2) is 5.69 Å². The van der Waals surface area contributed by atoms with E-state index in [0.29, 0.717) is 11.3 Å². The molecule has 20 heavy (non-hydrogen) atoms.